The quantitative estimate of drug-likeness (QED) is 0.0272. The third-order valence-corrected chi connectivity index (χ3v) is 18.0. The molecular weight excluding hydrogens is 1060 g/mol. The monoisotopic (exact) mass is 1200 g/mol. The Morgan fingerprint density at radius 1 is 0.417 bits per heavy atom. The van der Waals surface area contributed by atoms with Gasteiger partial charge in [-0.05, 0) is 64.2 Å². The molecule has 84 heavy (non-hydrogen) atoms. The van der Waals surface area contributed by atoms with Gasteiger partial charge in [0.05, 0.1) is 39.9 Å². The predicted octanol–water partition coefficient (Wildman–Crippen LogP) is 23.2. The van der Waals surface area contributed by atoms with E-state index in [1.165, 1.54) is 308 Å². The van der Waals surface area contributed by atoms with Crippen molar-refractivity contribution in [1.82, 2.24) is 5.32 Å². The second-order valence-electron chi connectivity index (χ2n) is 26.6. The van der Waals surface area contributed by atoms with Crippen molar-refractivity contribution in [1.29, 1.82) is 0 Å². The van der Waals surface area contributed by atoms with Gasteiger partial charge in [-0.15, -0.1) is 0 Å². The topological polar surface area (TPSA) is 108 Å². The molecule has 496 valence electrons. The highest BCUT2D eigenvalue weighted by Gasteiger charge is 2.23. The van der Waals surface area contributed by atoms with Crippen molar-refractivity contribution in [3.8, 4) is 0 Å². The number of phosphoric acid groups is 1. The van der Waals surface area contributed by atoms with Crippen molar-refractivity contribution in [3.63, 3.8) is 0 Å². The number of hydrogen-bond donors (Lipinski definition) is 2. The highest BCUT2D eigenvalue weighted by Crippen LogP contribution is 2.38. The van der Waals surface area contributed by atoms with Crippen molar-refractivity contribution in [2.45, 2.75) is 386 Å². The number of hydrogen-bond acceptors (Lipinski definition) is 6. The summed E-state index contributed by atoms with van der Waals surface area (Å²) in [6, 6.07) is -0.905. The van der Waals surface area contributed by atoms with E-state index in [9.17, 15) is 19.4 Å². The molecule has 3 unspecified atom stereocenters. The largest absolute Gasteiger partial charge is 0.756 e. The molecule has 0 aromatic rings. The lowest BCUT2D eigenvalue weighted by Crippen LogP contribution is -2.45. The average molecular weight is 1200 g/mol. The maximum absolute atomic E-state index is 13.0. The molecule has 0 aromatic carbocycles. The molecule has 0 aliphatic rings. The Kier molecular flexibility index (Phi) is 64.7. The molecule has 0 rings (SSSR count). The number of amides is 1. The Morgan fingerprint density at radius 3 is 1.04 bits per heavy atom. The van der Waals surface area contributed by atoms with Gasteiger partial charge in [0, 0.05) is 6.42 Å². The van der Waals surface area contributed by atoms with E-state index < -0.39 is 20.0 Å². The zero-order valence-electron chi connectivity index (χ0n) is 56.9. The molecule has 0 saturated heterocycles. The number of quaternary nitrogens is 1. The molecule has 2 N–H and O–H groups in total. The lowest BCUT2D eigenvalue weighted by atomic mass is 10.0. The van der Waals surface area contributed by atoms with Crippen molar-refractivity contribution in [3.05, 3.63) is 48.6 Å². The van der Waals surface area contributed by atoms with E-state index >= 15 is 0 Å². The molecule has 1 amide bonds. The zero-order valence-corrected chi connectivity index (χ0v) is 57.8. The SMILES string of the molecule is CCCCCCC/C=C\C/C=C\CCCCCCCCCCCCCCCCCCCCCC(=O)NC(COP(=O)([O-])OCC[N+](C)(C)C)C(O)/C=C/CC/C=C/CCCCCCCCCCCCCCCCCCCCCCCCCCC. The second-order valence-corrected chi connectivity index (χ2v) is 28.1. The molecule has 0 saturated carbocycles. The van der Waals surface area contributed by atoms with Crippen LogP contribution in [-0.2, 0) is 18.4 Å². The minimum atomic E-state index is -4.61. The van der Waals surface area contributed by atoms with Crippen LogP contribution in [0.2, 0.25) is 0 Å². The molecule has 0 fully saturated rings. The third-order valence-electron chi connectivity index (χ3n) is 17.0. The lowest BCUT2D eigenvalue weighted by molar-refractivity contribution is -0.870. The van der Waals surface area contributed by atoms with E-state index in [1.807, 2.05) is 27.2 Å². The number of rotatable bonds is 69. The van der Waals surface area contributed by atoms with Crippen LogP contribution < -0.4 is 10.2 Å². The third kappa shape index (κ3) is 68.0. The summed E-state index contributed by atoms with van der Waals surface area (Å²) in [6.45, 7) is 4.68. The van der Waals surface area contributed by atoms with Crippen LogP contribution in [-0.4, -0.2) is 68.5 Å². The van der Waals surface area contributed by atoms with Gasteiger partial charge >= 0.3 is 0 Å². The van der Waals surface area contributed by atoms with Crippen LogP contribution in [0.15, 0.2) is 48.6 Å². The molecule has 3 atom stereocenters. The molecule has 0 spiro atoms. The highest BCUT2D eigenvalue weighted by molar-refractivity contribution is 7.45. The number of nitrogens with one attached hydrogen (secondary N) is 1. The van der Waals surface area contributed by atoms with Gasteiger partial charge in [0.25, 0.3) is 7.82 Å². The Morgan fingerprint density at radius 2 is 0.702 bits per heavy atom. The van der Waals surface area contributed by atoms with Crippen LogP contribution in [0.25, 0.3) is 0 Å². The van der Waals surface area contributed by atoms with E-state index in [0.717, 1.165) is 44.9 Å². The number of aliphatic hydroxyl groups excluding tert-OH is 1. The molecule has 0 radical (unpaired) electrons. The normalized spacial score (nSPS) is 13.8. The van der Waals surface area contributed by atoms with Crippen LogP contribution >= 0.6 is 7.82 Å². The Balaban J connectivity index is 4.05. The van der Waals surface area contributed by atoms with Gasteiger partial charge < -0.3 is 28.8 Å². The smallest absolute Gasteiger partial charge is 0.268 e. The molecule has 0 aliphatic heterocycles. The first-order valence-corrected chi connectivity index (χ1v) is 38.5. The summed E-state index contributed by atoms with van der Waals surface area (Å²) >= 11 is 0. The van der Waals surface area contributed by atoms with Gasteiger partial charge in [0.15, 0.2) is 0 Å². The molecule has 0 bridgehead atoms. The van der Waals surface area contributed by atoms with Gasteiger partial charge in [-0.3, -0.25) is 9.36 Å². The van der Waals surface area contributed by atoms with Crippen molar-refractivity contribution < 1.29 is 32.9 Å². The fourth-order valence-electron chi connectivity index (χ4n) is 11.3. The van der Waals surface area contributed by atoms with Gasteiger partial charge in [0.2, 0.25) is 5.91 Å². The Bertz CT molecular complexity index is 1510. The first-order valence-electron chi connectivity index (χ1n) is 37.0. The molecule has 0 aromatic heterocycles. The van der Waals surface area contributed by atoms with Crippen LogP contribution in [0.5, 0.6) is 0 Å². The molecular formula is C75H145N2O6P. The van der Waals surface area contributed by atoms with Crippen molar-refractivity contribution >= 4 is 13.7 Å². The molecule has 0 aliphatic carbocycles. The summed E-state index contributed by atoms with van der Waals surface area (Å²) in [6.07, 6.45) is 89.7. The number of likely N-dealkylation sites (N-methyl/N-ethyl adjacent to an activating group) is 1. The molecule has 0 heterocycles. The predicted molar refractivity (Wildman–Crippen MR) is 367 cm³/mol. The minimum Gasteiger partial charge on any atom is -0.756 e. The van der Waals surface area contributed by atoms with Crippen LogP contribution in [0.3, 0.4) is 0 Å². The number of aliphatic hydroxyl groups is 1. The summed E-state index contributed by atoms with van der Waals surface area (Å²) in [5.41, 5.74) is 0. The summed E-state index contributed by atoms with van der Waals surface area (Å²) in [7, 11) is 1.26. The van der Waals surface area contributed by atoms with Gasteiger partial charge in [-0.2, -0.15) is 0 Å². The maximum atomic E-state index is 13.0. The van der Waals surface area contributed by atoms with E-state index in [-0.39, 0.29) is 19.1 Å². The summed E-state index contributed by atoms with van der Waals surface area (Å²) in [5.74, 6) is -0.200. The maximum Gasteiger partial charge on any atom is 0.268 e. The fraction of sp³-hybridized carbons (Fsp3) is 0.880. The Hall–Kier alpha value is -1.54. The van der Waals surface area contributed by atoms with E-state index in [4.69, 9.17) is 9.05 Å². The van der Waals surface area contributed by atoms with Crippen LogP contribution in [0.1, 0.15) is 373 Å². The summed E-state index contributed by atoms with van der Waals surface area (Å²) in [5, 5.41) is 14.0. The standard InChI is InChI=1S/C75H145N2O6P/c1-6-8-10-12-14-16-18-20-22-24-26-28-30-32-34-36-38-40-42-44-46-48-50-52-54-56-58-60-62-64-66-68-74(78)73(72-83-84(80,81)82-71-70-77(3,4)5)76-75(79)69-67-65-63-61-59-57-55-53-51-49-47-45-43-41-39-37-35-33-31-29-27-25-23-21-19-17-15-13-11-9-7-2/h19,21,25,27,58,60,66,68,73-74,78H,6-18,20,22-24,26,28-57,59,61-65,67,69-72H2,1-5H3,(H-,76,79,80,81)/b21-19-,27-25-,60-58+,68-66+. The Labute approximate surface area is 524 Å². The number of nitrogens with zero attached hydrogens (tertiary/aromatic N) is 1. The summed E-state index contributed by atoms with van der Waals surface area (Å²) in [4.78, 5) is 25.7. The number of unbranched alkanes of at least 4 members (excludes halogenated alkanes) is 50. The van der Waals surface area contributed by atoms with Crippen molar-refractivity contribution in [2.75, 3.05) is 40.9 Å². The van der Waals surface area contributed by atoms with Crippen molar-refractivity contribution in [2.24, 2.45) is 0 Å². The lowest BCUT2D eigenvalue weighted by Gasteiger charge is -2.29. The van der Waals surface area contributed by atoms with E-state index in [1.54, 1.807) is 6.08 Å². The minimum absolute atomic E-state index is 0.00528. The highest BCUT2D eigenvalue weighted by atomic mass is 31.2. The fourth-order valence-corrected chi connectivity index (χ4v) is 12.0. The molecule has 8 nitrogen and oxygen atoms in total. The molecule has 9 heteroatoms. The average Bonchev–Trinajstić information content (AvgIpc) is 3.56. The number of allylic oxidation sites excluding steroid dienone is 7. The second kappa shape index (κ2) is 65.9. The number of phosphoric ester groups is 1. The van der Waals surface area contributed by atoms with Crippen LogP contribution in [0.4, 0.5) is 0 Å². The number of carbonyl (C=O) groups is 1. The van der Waals surface area contributed by atoms with Gasteiger partial charge in [0.1, 0.15) is 13.2 Å². The van der Waals surface area contributed by atoms with Gasteiger partial charge in [-0.25, -0.2) is 0 Å². The summed E-state index contributed by atoms with van der Waals surface area (Å²) < 4.78 is 23.5. The van der Waals surface area contributed by atoms with Crippen LogP contribution in [0, 0.1) is 0 Å². The van der Waals surface area contributed by atoms with E-state index in [2.05, 4.69) is 55.6 Å². The number of carbonyl (C=O) groups excluding carboxylic acids is 1. The zero-order chi connectivity index (χ0) is 61.2. The van der Waals surface area contributed by atoms with E-state index in [0.29, 0.717) is 17.4 Å². The first-order chi connectivity index (χ1) is 41.0. The van der Waals surface area contributed by atoms with Gasteiger partial charge in [-0.1, -0.05) is 351 Å². The first kappa shape index (κ1) is 82.5.